The summed E-state index contributed by atoms with van der Waals surface area (Å²) < 4.78 is 7.25. The van der Waals surface area contributed by atoms with Gasteiger partial charge in [-0.05, 0) is 53.9 Å². The highest BCUT2D eigenvalue weighted by Crippen LogP contribution is 2.33. The number of imidazole rings is 1. The van der Waals surface area contributed by atoms with Gasteiger partial charge in [-0.15, -0.1) is 0 Å². The summed E-state index contributed by atoms with van der Waals surface area (Å²) in [6.07, 6.45) is 5.69. The SMILES string of the molecule is CC[C@@H](C)C(CO)n1c(-c2ccoc2)nc2cc(C(=O)N[C@@H](Cc3c[nH]c4ccc(O)cc34)C(=O)O)ccc21. The molecule has 1 unspecified atom stereocenters. The number of amides is 1. The lowest BCUT2D eigenvalue weighted by atomic mass is 9.99. The Morgan fingerprint density at radius 1 is 1.18 bits per heavy atom. The fourth-order valence-electron chi connectivity index (χ4n) is 4.96. The lowest BCUT2D eigenvalue weighted by molar-refractivity contribution is -0.139. The molecular formula is C29H30N4O6. The number of carboxylic acid groups (broad SMARTS) is 1. The van der Waals surface area contributed by atoms with Gasteiger partial charge in [-0.2, -0.15) is 0 Å². The minimum absolute atomic E-state index is 0.0269. The first-order valence-corrected chi connectivity index (χ1v) is 12.8. The van der Waals surface area contributed by atoms with Gasteiger partial charge in [0.1, 0.15) is 23.9 Å². The van der Waals surface area contributed by atoms with E-state index in [4.69, 9.17) is 9.40 Å². The summed E-state index contributed by atoms with van der Waals surface area (Å²) in [7, 11) is 0. The number of rotatable bonds is 10. The van der Waals surface area contributed by atoms with Gasteiger partial charge >= 0.3 is 5.97 Å². The number of carboxylic acids is 1. The van der Waals surface area contributed by atoms with Crippen molar-refractivity contribution >= 4 is 33.8 Å². The molecule has 3 heterocycles. The predicted octanol–water partition coefficient (Wildman–Crippen LogP) is 4.49. The molecule has 0 saturated heterocycles. The molecule has 10 nitrogen and oxygen atoms in total. The highest BCUT2D eigenvalue weighted by molar-refractivity contribution is 6.00. The Hall–Kier alpha value is -4.57. The van der Waals surface area contributed by atoms with E-state index in [1.165, 1.54) is 0 Å². The zero-order chi connectivity index (χ0) is 27.7. The van der Waals surface area contributed by atoms with E-state index in [1.54, 1.807) is 61.2 Å². The minimum atomic E-state index is -1.20. The standard InChI is InChI=1S/C29H30N4O6/c1-3-16(2)26(14-34)33-25-7-4-17(10-23(25)31-27(33)18-8-9-39-15-18)28(36)32-24(29(37)38)11-19-13-30-22-6-5-20(35)12-21(19)22/h4-10,12-13,15-16,24,26,30,34-35H,3,11,14H2,1-2H3,(H,32,36)(H,37,38)/t16-,24+,26?/m1/s1. The summed E-state index contributed by atoms with van der Waals surface area (Å²) in [5.74, 6) is -0.888. The molecule has 5 N–H and O–H groups in total. The first-order valence-electron chi connectivity index (χ1n) is 12.8. The van der Waals surface area contributed by atoms with Crippen LogP contribution in [0, 0.1) is 5.92 Å². The van der Waals surface area contributed by atoms with E-state index in [0.29, 0.717) is 22.3 Å². The zero-order valence-corrected chi connectivity index (χ0v) is 21.6. The monoisotopic (exact) mass is 530 g/mol. The number of aliphatic carboxylic acids is 1. The van der Waals surface area contributed by atoms with E-state index >= 15 is 0 Å². The summed E-state index contributed by atoms with van der Waals surface area (Å²) in [6.45, 7) is 4.04. The zero-order valence-electron chi connectivity index (χ0n) is 21.6. The van der Waals surface area contributed by atoms with Crippen molar-refractivity contribution in [3.8, 4) is 17.1 Å². The van der Waals surface area contributed by atoms with Crippen LogP contribution >= 0.6 is 0 Å². The van der Waals surface area contributed by atoms with Crippen molar-refractivity contribution in [3.63, 3.8) is 0 Å². The number of furan rings is 1. The molecule has 1 amide bonds. The van der Waals surface area contributed by atoms with Crippen molar-refractivity contribution in [3.05, 3.63) is 72.3 Å². The summed E-state index contributed by atoms with van der Waals surface area (Å²) >= 11 is 0. The van der Waals surface area contributed by atoms with Crippen molar-refractivity contribution in [1.82, 2.24) is 19.9 Å². The van der Waals surface area contributed by atoms with Gasteiger partial charge in [0, 0.05) is 29.1 Å². The number of aliphatic hydroxyl groups is 1. The molecule has 5 aromatic rings. The van der Waals surface area contributed by atoms with Crippen molar-refractivity contribution in [2.45, 2.75) is 38.8 Å². The molecule has 0 spiro atoms. The van der Waals surface area contributed by atoms with Crippen molar-refractivity contribution < 1.29 is 29.3 Å². The second-order valence-electron chi connectivity index (χ2n) is 9.77. The average molecular weight is 531 g/mol. The Morgan fingerprint density at radius 3 is 2.69 bits per heavy atom. The summed E-state index contributed by atoms with van der Waals surface area (Å²) in [5.41, 5.74) is 3.71. The fourth-order valence-corrected chi connectivity index (χ4v) is 4.96. The molecule has 202 valence electrons. The number of carbonyl (C=O) groups excluding carboxylic acids is 1. The predicted molar refractivity (Wildman–Crippen MR) is 146 cm³/mol. The van der Waals surface area contributed by atoms with Gasteiger partial charge in [0.2, 0.25) is 0 Å². The number of nitrogens with zero attached hydrogens (tertiary/aromatic N) is 2. The second kappa shape index (κ2) is 10.7. The van der Waals surface area contributed by atoms with Crippen LogP contribution in [0.2, 0.25) is 0 Å². The highest BCUT2D eigenvalue weighted by atomic mass is 16.4. The van der Waals surface area contributed by atoms with E-state index in [9.17, 15) is 24.9 Å². The molecule has 39 heavy (non-hydrogen) atoms. The largest absolute Gasteiger partial charge is 0.508 e. The van der Waals surface area contributed by atoms with Crippen LogP contribution in [0.25, 0.3) is 33.3 Å². The maximum atomic E-state index is 13.2. The Bertz CT molecular complexity index is 1630. The van der Waals surface area contributed by atoms with Gasteiger partial charge in [-0.1, -0.05) is 20.3 Å². The summed E-state index contributed by atoms with van der Waals surface area (Å²) in [5, 5.41) is 33.3. The molecule has 3 atom stereocenters. The topological polar surface area (TPSA) is 154 Å². The molecule has 0 radical (unpaired) electrons. The number of aromatic amines is 1. The number of phenolic OH excluding ortho intramolecular Hbond substituents is 1. The van der Waals surface area contributed by atoms with E-state index < -0.39 is 17.9 Å². The number of aliphatic hydroxyl groups excluding tert-OH is 1. The van der Waals surface area contributed by atoms with Crippen LogP contribution in [-0.2, 0) is 11.2 Å². The molecule has 3 aromatic heterocycles. The van der Waals surface area contributed by atoms with Gasteiger partial charge in [0.05, 0.1) is 35.5 Å². The third-order valence-corrected chi connectivity index (χ3v) is 7.33. The molecule has 0 fully saturated rings. The number of phenols is 1. The van der Waals surface area contributed by atoms with Crippen LogP contribution in [0.5, 0.6) is 5.75 Å². The van der Waals surface area contributed by atoms with Gasteiger partial charge in [-0.3, -0.25) is 4.79 Å². The molecule has 0 aliphatic heterocycles. The fraction of sp³-hybridized carbons (Fsp3) is 0.276. The maximum absolute atomic E-state index is 13.2. The summed E-state index contributed by atoms with van der Waals surface area (Å²) in [4.78, 5) is 33.1. The van der Waals surface area contributed by atoms with Crippen molar-refractivity contribution in [2.24, 2.45) is 5.92 Å². The van der Waals surface area contributed by atoms with Crippen LogP contribution in [0.3, 0.4) is 0 Å². The number of nitrogens with one attached hydrogen (secondary N) is 2. The van der Waals surface area contributed by atoms with Gasteiger partial charge in [-0.25, -0.2) is 9.78 Å². The number of hydrogen-bond donors (Lipinski definition) is 5. The molecular weight excluding hydrogens is 500 g/mol. The number of carbonyl (C=O) groups is 2. The van der Waals surface area contributed by atoms with E-state index in [-0.39, 0.29) is 36.3 Å². The molecule has 0 aliphatic rings. The molecule has 10 heteroatoms. The first kappa shape index (κ1) is 26.1. The number of aromatic hydroxyl groups is 1. The second-order valence-corrected chi connectivity index (χ2v) is 9.77. The normalized spacial score (nSPS) is 13.9. The molecule has 2 aromatic carbocycles. The summed E-state index contributed by atoms with van der Waals surface area (Å²) in [6, 6.07) is 10.2. The van der Waals surface area contributed by atoms with E-state index in [1.807, 2.05) is 4.57 Å². The number of benzene rings is 2. The smallest absolute Gasteiger partial charge is 0.326 e. The first-order chi connectivity index (χ1) is 18.8. The Kier molecular flexibility index (Phi) is 7.12. The van der Waals surface area contributed by atoms with Crippen LogP contribution in [0.4, 0.5) is 0 Å². The highest BCUT2D eigenvalue weighted by Gasteiger charge is 2.26. The van der Waals surface area contributed by atoms with Crippen LogP contribution in [0.1, 0.15) is 42.2 Å². The third-order valence-electron chi connectivity index (χ3n) is 7.33. The molecule has 0 saturated carbocycles. The average Bonchev–Trinajstić information content (AvgIpc) is 3.67. The van der Waals surface area contributed by atoms with Crippen LogP contribution in [-0.4, -0.2) is 54.4 Å². The third kappa shape index (κ3) is 4.98. The molecule has 5 rings (SSSR count). The lowest BCUT2D eigenvalue weighted by Crippen LogP contribution is -2.42. The van der Waals surface area contributed by atoms with Crippen molar-refractivity contribution in [2.75, 3.05) is 6.61 Å². The number of H-pyrrole nitrogens is 1. The van der Waals surface area contributed by atoms with Crippen LogP contribution in [0.15, 0.2) is 65.6 Å². The number of hydrogen-bond acceptors (Lipinski definition) is 6. The van der Waals surface area contributed by atoms with Crippen LogP contribution < -0.4 is 5.32 Å². The maximum Gasteiger partial charge on any atom is 0.326 e. The lowest BCUT2D eigenvalue weighted by Gasteiger charge is -2.25. The van der Waals surface area contributed by atoms with Gasteiger partial charge in [0.15, 0.2) is 0 Å². The Labute approximate surface area is 223 Å². The Morgan fingerprint density at radius 2 is 2.00 bits per heavy atom. The molecule has 0 bridgehead atoms. The van der Waals surface area contributed by atoms with E-state index in [0.717, 1.165) is 23.0 Å². The van der Waals surface area contributed by atoms with Gasteiger partial charge < -0.3 is 34.6 Å². The van der Waals surface area contributed by atoms with Gasteiger partial charge in [0.25, 0.3) is 5.91 Å². The Balaban J connectivity index is 1.46. The minimum Gasteiger partial charge on any atom is -0.508 e. The quantitative estimate of drug-likeness (QED) is 0.178. The number of aromatic nitrogens is 3. The van der Waals surface area contributed by atoms with Crippen molar-refractivity contribution in [1.29, 1.82) is 0 Å². The van der Waals surface area contributed by atoms with E-state index in [2.05, 4.69) is 24.1 Å². The molecule has 0 aliphatic carbocycles. The number of fused-ring (bicyclic) bond motifs is 2.